The molecule has 0 aromatic rings. The Morgan fingerprint density at radius 1 is 1.41 bits per heavy atom. The van der Waals surface area contributed by atoms with Crippen molar-refractivity contribution in [2.75, 3.05) is 46.8 Å². The number of amides is 2. The molecule has 1 rings (SSSR count). The molecular weight excluding hydrogens is 220 g/mol. The lowest BCUT2D eigenvalue weighted by molar-refractivity contribution is -0.137. The standard InChI is InChI=1S/C11H22N4O2/c1-9(14(3)8-10(16)12-2)11(17)15-6-4-13-5-7-15/h9,13H,4-8H2,1-3H3,(H,12,16). The number of hydrogen-bond donors (Lipinski definition) is 2. The summed E-state index contributed by atoms with van der Waals surface area (Å²) in [6.45, 7) is 5.27. The second kappa shape index (κ2) is 6.56. The molecule has 98 valence electrons. The lowest BCUT2D eigenvalue weighted by Gasteiger charge is -2.32. The third-order valence-corrected chi connectivity index (χ3v) is 3.12. The number of carbonyl (C=O) groups is 2. The molecule has 0 bridgehead atoms. The Bertz CT molecular complexity index is 277. The van der Waals surface area contributed by atoms with E-state index in [4.69, 9.17) is 0 Å². The Balaban J connectivity index is 2.46. The van der Waals surface area contributed by atoms with E-state index in [-0.39, 0.29) is 24.4 Å². The maximum atomic E-state index is 12.1. The molecule has 0 aromatic carbocycles. The Morgan fingerprint density at radius 2 is 2.00 bits per heavy atom. The predicted molar refractivity (Wildman–Crippen MR) is 65.6 cm³/mol. The van der Waals surface area contributed by atoms with E-state index in [9.17, 15) is 9.59 Å². The van der Waals surface area contributed by atoms with Crippen LogP contribution in [0.15, 0.2) is 0 Å². The summed E-state index contributed by atoms with van der Waals surface area (Å²) in [7, 11) is 3.39. The van der Waals surface area contributed by atoms with E-state index >= 15 is 0 Å². The Hall–Kier alpha value is -1.14. The van der Waals surface area contributed by atoms with Crippen LogP contribution in [0, 0.1) is 0 Å². The van der Waals surface area contributed by atoms with Crippen LogP contribution in [0.1, 0.15) is 6.92 Å². The first-order chi connectivity index (χ1) is 8.06. The SMILES string of the molecule is CNC(=O)CN(C)C(C)C(=O)N1CCNCC1. The zero-order chi connectivity index (χ0) is 12.8. The Labute approximate surface area is 102 Å². The molecule has 0 spiro atoms. The van der Waals surface area contributed by atoms with Gasteiger partial charge in [0.2, 0.25) is 11.8 Å². The van der Waals surface area contributed by atoms with Gasteiger partial charge in [0, 0.05) is 33.2 Å². The fourth-order valence-electron chi connectivity index (χ4n) is 1.78. The molecule has 1 heterocycles. The van der Waals surface area contributed by atoms with Crippen molar-refractivity contribution in [3.05, 3.63) is 0 Å². The van der Waals surface area contributed by atoms with Gasteiger partial charge in [0.15, 0.2) is 0 Å². The Morgan fingerprint density at radius 3 is 2.53 bits per heavy atom. The summed E-state index contributed by atoms with van der Waals surface area (Å²) < 4.78 is 0. The van der Waals surface area contributed by atoms with Gasteiger partial charge in [0.25, 0.3) is 0 Å². The summed E-state index contributed by atoms with van der Waals surface area (Å²) in [5, 5.41) is 5.76. The van der Waals surface area contributed by atoms with Crippen molar-refractivity contribution >= 4 is 11.8 Å². The zero-order valence-corrected chi connectivity index (χ0v) is 10.8. The predicted octanol–water partition coefficient (Wildman–Crippen LogP) is -1.52. The van der Waals surface area contributed by atoms with E-state index in [1.165, 1.54) is 0 Å². The fraction of sp³-hybridized carbons (Fsp3) is 0.818. The normalized spacial score (nSPS) is 18.0. The van der Waals surface area contributed by atoms with Gasteiger partial charge >= 0.3 is 0 Å². The second-order valence-electron chi connectivity index (χ2n) is 4.34. The summed E-state index contributed by atoms with van der Waals surface area (Å²) in [6.07, 6.45) is 0. The monoisotopic (exact) mass is 242 g/mol. The van der Waals surface area contributed by atoms with Crippen LogP contribution in [0.3, 0.4) is 0 Å². The van der Waals surface area contributed by atoms with Gasteiger partial charge in [0.1, 0.15) is 0 Å². The average molecular weight is 242 g/mol. The first-order valence-electron chi connectivity index (χ1n) is 5.96. The zero-order valence-electron chi connectivity index (χ0n) is 10.8. The van der Waals surface area contributed by atoms with Crippen LogP contribution in [0.4, 0.5) is 0 Å². The molecular formula is C11H22N4O2. The van der Waals surface area contributed by atoms with Gasteiger partial charge in [0.05, 0.1) is 12.6 Å². The summed E-state index contributed by atoms with van der Waals surface area (Å²) in [5.41, 5.74) is 0. The number of rotatable bonds is 4. The second-order valence-corrected chi connectivity index (χ2v) is 4.34. The molecule has 1 saturated heterocycles. The molecule has 1 aliphatic rings. The van der Waals surface area contributed by atoms with Gasteiger partial charge in [-0.05, 0) is 14.0 Å². The fourth-order valence-corrected chi connectivity index (χ4v) is 1.78. The van der Waals surface area contributed by atoms with E-state index in [1.54, 1.807) is 19.0 Å². The molecule has 0 radical (unpaired) electrons. The topological polar surface area (TPSA) is 64.7 Å². The van der Waals surface area contributed by atoms with Crippen molar-refractivity contribution in [2.24, 2.45) is 0 Å². The molecule has 6 nitrogen and oxygen atoms in total. The number of nitrogens with zero attached hydrogens (tertiary/aromatic N) is 2. The third-order valence-electron chi connectivity index (χ3n) is 3.12. The molecule has 0 saturated carbocycles. The average Bonchev–Trinajstić information content (AvgIpc) is 2.37. The highest BCUT2D eigenvalue weighted by Crippen LogP contribution is 2.03. The maximum Gasteiger partial charge on any atom is 0.239 e. The first kappa shape index (κ1) is 13.9. The van der Waals surface area contributed by atoms with Crippen molar-refractivity contribution in [3.63, 3.8) is 0 Å². The maximum absolute atomic E-state index is 12.1. The molecule has 1 aliphatic heterocycles. The van der Waals surface area contributed by atoms with Gasteiger partial charge in [-0.25, -0.2) is 0 Å². The van der Waals surface area contributed by atoms with Crippen LogP contribution in [0.25, 0.3) is 0 Å². The molecule has 6 heteroatoms. The van der Waals surface area contributed by atoms with Crippen molar-refractivity contribution in [2.45, 2.75) is 13.0 Å². The minimum Gasteiger partial charge on any atom is -0.358 e. The van der Waals surface area contributed by atoms with Crippen LogP contribution in [-0.4, -0.2) is 74.5 Å². The molecule has 1 atom stereocenters. The van der Waals surface area contributed by atoms with Crippen LogP contribution in [0.5, 0.6) is 0 Å². The number of likely N-dealkylation sites (N-methyl/N-ethyl adjacent to an activating group) is 2. The summed E-state index contributed by atoms with van der Waals surface area (Å²) in [6, 6.07) is -0.259. The van der Waals surface area contributed by atoms with E-state index in [0.29, 0.717) is 0 Å². The number of carbonyl (C=O) groups excluding carboxylic acids is 2. The summed E-state index contributed by atoms with van der Waals surface area (Å²) in [5.74, 6) is 0.0189. The number of nitrogens with one attached hydrogen (secondary N) is 2. The first-order valence-corrected chi connectivity index (χ1v) is 5.96. The molecule has 2 N–H and O–H groups in total. The molecule has 2 amide bonds. The van der Waals surface area contributed by atoms with Crippen molar-refractivity contribution in [1.82, 2.24) is 20.4 Å². The number of piperazine rings is 1. The molecule has 1 unspecified atom stereocenters. The highest BCUT2D eigenvalue weighted by atomic mass is 16.2. The lowest BCUT2D eigenvalue weighted by atomic mass is 10.2. The van der Waals surface area contributed by atoms with Crippen molar-refractivity contribution in [1.29, 1.82) is 0 Å². The number of hydrogen-bond acceptors (Lipinski definition) is 4. The molecule has 0 aromatic heterocycles. The van der Waals surface area contributed by atoms with Crippen molar-refractivity contribution < 1.29 is 9.59 Å². The minimum atomic E-state index is -0.259. The lowest BCUT2D eigenvalue weighted by Crippen LogP contribution is -2.53. The largest absolute Gasteiger partial charge is 0.358 e. The van der Waals surface area contributed by atoms with Crippen LogP contribution >= 0.6 is 0 Å². The minimum absolute atomic E-state index is 0.0764. The molecule has 0 aliphatic carbocycles. The van der Waals surface area contributed by atoms with Crippen molar-refractivity contribution in [3.8, 4) is 0 Å². The third kappa shape index (κ3) is 3.98. The highest BCUT2D eigenvalue weighted by molar-refractivity contribution is 5.83. The summed E-state index contributed by atoms with van der Waals surface area (Å²) in [4.78, 5) is 27.0. The molecule has 17 heavy (non-hydrogen) atoms. The van der Waals surface area contributed by atoms with E-state index in [1.807, 2.05) is 11.8 Å². The van der Waals surface area contributed by atoms with E-state index in [0.717, 1.165) is 26.2 Å². The van der Waals surface area contributed by atoms with Gasteiger partial charge in [-0.1, -0.05) is 0 Å². The quantitative estimate of drug-likeness (QED) is 0.629. The van der Waals surface area contributed by atoms with Crippen LogP contribution < -0.4 is 10.6 Å². The van der Waals surface area contributed by atoms with Gasteiger partial charge in [-0.3, -0.25) is 14.5 Å². The Kier molecular flexibility index (Phi) is 5.37. The highest BCUT2D eigenvalue weighted by Gasteiger charge is 2.25. The van der Waals surface area contributed by atoms with Gasteiger partial charge in [-0.15, -0.1) is 0 Å². The smallest absolute Gasteiger partial charge is 0.239 e. The molecule has 1 fully saturated rings. The van der Waals surface area contributed by atoms with Gasteiger partial charge < -0.3 is 15.5 Å². The van der Waals surface area contributed by atoms with E-state index in [2.05, 4.69) is 10.6 Å². The van der Waals surface area contributed by atoms with Crippen LogP contribution in [0.2, 0.25) is 0 Å². The van der Waals surface area contributed by atoms with Crippen LogP contribution in [-0.2, 0) is 9.59 Å². The summed E-state index contributed by atoms with van der Waals surface area (Å²) >= 11 is 0. The van der Waals surface area contributed by atoms with E-state index < -0.39 is 0 Å². The van der Waals surface area contributed by atoms with Gasteiger partial charge in [-0.2, -0.15) is 0 Å².